The van der Waals surface area contributed by atoms with Gasteiger partial charge in [-0.1, -0.05) is 6.07 Å². The molecule has 0 aromatic heterocycles. The van der Waals surface area contributed by atoms with Crippen LogP contribution in [-0.4, -0.2) is 18.4 Å². The lowest BCUT2D eigenvalue weighted by Gasteiger charge is -2.05. The zero-order chi connectivity index (χ0) is 11.3. The summed E-state index contributed by atoms with van der Waals surface area (Å²) in [7, 11) is 0. The Labute approximate surface area is 87.7 Å². The smallest absolute Gasteiger partial charge is 0.243 e. The predicted molar refractivity (Wildman–Crippen MR) is 58.2 cm³/mol. The van der Waals surface area contributed by atoms with Crippen molar-refractivity contribution in [2.75, 3.05) is 17.6 Å². The van der Waals surface area contributed by atoms with Gasteiger partial charge in [-0.05, 0) is 18.2 Å². The molecule has 0 saturated heterocycles. The second kappa shape index (κ2) is 4.99. The first-order valence-electron chi connectivity index (χ1n) is 4.48. The van der Waals surface area contributed by atoms with Crippen molar-refractivity contribution in [1.82, 2.24) is 5.32 Å². The number of benzene rings is 1. The van der Waals surface area contributed by atoms with E-state index in [0.29, 0.717) is 11.4 Å². The number of carbonyl (C=O) groups is 2. The topological polar surface area (TPSA) is 84.2 Å². The number of carbonyl (C=O) groups excluding carboxylic acids is 2. The fourth-order valence-electron chi connectivity index (χ4n) is 1.03. The summed E-state index contributed by atoms with van der Waals surface area (Å²) in [5, 5.41) is 5.00. The number of hydrogen-bond acceptors (Lipinski definition) is 3. The van der Waals surface area contributed by atoms with Crippen molar-refractivity contribution in [2.24, 2.45) is 0 Å². The molecule has 0 fully saturated rings. The molecule has 5 nitrogen and oxygen atoms in total. The van der Waals surface area contributed by atoms with Gasteiger partial charge in [0.15, 0.2) is 0 Å². The van der Waals surface area contributed by atoms with Gasteiger partial charge in [0.1, 0.15) is 0 Å². The van der Waals surface area contributed by atoms with Gasteiger partial charge in [0.05, 0.1) is 6.54 Å². The summed E-state index contributed by atoms with van der Waals surface area (Å²) >= 11 is 0. The molecule has 0 aliphatic heterocycles. The van der Waals surface area contributed by atoms with E-state index in [1.807, 2.05) is 0 Å². The second-order valence-electron chi connectivity index (χ2n) is 3.08. The quantitative estimate of drug-likeness (QED) is 0.625. The number of nitrogen functional groups attached to an aromatic ring is 1. The number of nitrogens with two attached hydrogens (primary N) is 1. The lowest BCUT2D eigenvalue weighted by molar-refractivity contribution is -0.122. The third-order valence-corrected chi connectivity index (χ3v) is 1.67. The van der Waals surface area contributed by atoms with Crippen LogP contribution in [0.5, 0.6) is 0 Å². The molecule has 0 saturated carbocycles. The maximum atomic E-state index is 11.3. The molecule has 1 aromatic rings. The summed E-state index contributed by atoms with van der Waals surface area (Å²) in [6.07, 6.45) is 0. The average molecular weight is 207 g/mol. The van der Waals surface area contributed by atoms with Crippen LogP contribution < -0.4 is 16.4 Å². The van der Waals surface area contributed by atoms with Crippen molar-refractivity contribution in [2.45, 2.75) is 6.92 Å². The normalized spacial score (nSPS) is 9.40. The molecular formula is C10H13N3O2. The summed E-state index contributed by atoms with van der Waals surface area (Å²) < 4.78 is 0. The van der Waals surface area contributed by atoms with Gasteiger partial charge < -0.3 is 16.4 Å². The van der Waals surface area contributed by atoms with Crippen molar-refractivity contribution in [3.63, 3.8) is 0 Å². The van der Waals surface area contributed by atoms with E-state index in [9.17, 15) is 9.59 Å². The molecule has 4 N–H and O–H groups in total. The van der Waals surface area contributed by atoms with Gasteiger partial charge in [-0.2, -0.15) is 0 Å². The molecule has 80 valence electrons. The monoisotopic (exact) mass is 207 g/mol. The highest BCUT2D eigenvalue weighted by Crippen LogP contribution is 2.11. The number of nitrogens with one attached hydrogen (secondary N) is 2. The SMILES string of the molecule is CC(=O)NCC(=O)Nc1cccc(N)c1. The molecule has 0 radical (unpaired) electrons. The Morgan fingerprint density at radius 1 is 1.40 bits per heavy atom. The van der Waals surface area contributed by atoms with E-state index in [1.165, 1.54) is 6.92 Å². The number of hydrogen-bond donors (Lipinski definition) is 3. The van der Waals surface area contributed by atoms with Gasteiger partial charge >= 0.3 is 0 Å². The van der Waals surface area contributed by atoms with Crippen molar-refractivity contribution in [3.8, 4) is 0 Å². The standard InChI is InChI=1S/C10H13N3O2/c1-7(14)12-6-10(15)13-9-4-2-3-8(11)5-9/h2-5H,6,11H2,1H3,(H,12,14)(H,13,15). The minimum Gasteiger partial charge on any atom is -0.399 e. The lowest BCUT2D eigenvalue weighted by Crippen LogP contribution is -2.31. The summed E-state index contributed by atoms with van der Waals surface area (Å²) in [6, 6.07) is 6.83. The maximum Gasteiger partial charge on any atom is 0.243 e. The molecule has 0 aliphatic rings. The van der Waals surface area contributed by atoms with Gasteiger partial charge in [0.25, 0.3) is 0 Å². The van der Waals surface area contributed by atoms with Gasteiger partial charge in [-0.3, -0.25) is 9.59 Å². The van der Waals surface area contributed by atoms with Crippen molar-refractivity contribution in [1.29, 1.82) is 0 Å². The molecule has 1 rings (SSSR count). The average Bonchev–Trinajstić information content (AvgIpc) is 2.15. The van der Waals surface area contributed by atoms with E-state index in [0.717, 1.165) is 0 Å². The fourth-order valence-corrected chi connectivity index (χ4v) is 1.03. The Morgan fingerprint density at radius 3 is 2.73 bits per heavy atom. The molecule has 0 spiro atoms. The van der Waals surface area contributed by atoms with E-state index >= 15 is 0 Å². The van der Waals surface area contributed by atoms with Crippen LogP contribution >= 0.6 is 0 Å². The molecule has 0 heterocycles. The van der Waals surface area contributed by atoms with Gasteiger partial charge in [0, 0.05) is 18.3 Å². The van der Waals surface area contributed by atoms with E-state index < -0.39 is 0 Å². The molecule has 0 unspecified atom stereocenters. The van der Waals surface area contributed by atoms with Crippen molar-refractivity contribution >= 4 is 23.2 Å². The molecule has 0 atom stereocenters. The molecule has 5 heteroatoms. The van der Waals surface area contributed by atoms with Crippen LogP contribution in [-0.2, 0) is 9.59 Å². The van der Waals surface area contributed by atoms with E-state index in [-0.39, 0.29) is 18.4 Å². The van der Waals surface area contributed by atoms with Crippen molar-refractivity contribution < 1.29 is 9.59 Å². The molecule has 2 amide bonds. The minimum atomic E-state index is -0.282. The molecular weight excluding hydrogens is 194 g/mol. The Kier molecular flexibility index (Phi) is 3.68. The molecule has 0 bridgehead atoms. The van der Waals surface area contributed by atoms with Crippen LogP contribution in [0, 0.1) is 0 Å². The Bertz CT molecular complexity index is 377. The van der Waals surface area contributed by atoms with Crippen LogP contribution in [0.2, 0.25) is 0 Å². The maximum absolute atomic E-state index is 11.3. The van der Waals surface area contributed by atoms with E-state index in [4.69, 9.17) is 5.73 Å². The van der Waals surface area contributed by atoms with Crippen LogP contribution in [0.4, 0.5) is 11.4 Å². The van der Waals surface area contributed by atoms with Crippen LogP contribution in [0.1, 0.15) is 6.92 Å². The summed E-state index contributed by atoms with van der Waals surface area (Å²) in [6.45, 7) is 1.32. The zero-order valence-corrected chi connectivity index (χ0v) is 8.41. The number of anilines is 2. The Hall–Kier alpha value is -2.04. The summed E-state index contributed by atoms with van der Waals surface area (Å²) in [5.74, 6) is -0.520. The fraction of sp³-hybridized carbons (Fsp3) is 0.200. The van der Waals surface area contributed by atoms with Crippen LogP contribution in [0.3, 0.4) is 0 Å². The predicted octanol–water partition coefficient (Wildman–Crippen LogP) is 0.343. The second-order valence-corrected chi connectivity index (χ2v) is 3.08. The largest absolute Gasteiger partial charge is 0.399 e. The highest BCUT2D eigenvalue weighted by atomic mass is 16.2. The molecule has 1 aromatic carbocycles. The lowest BCUT2D eigenvalue weighted by atomic mass is 10.3. The highest BCUT2D eigenvalue weighted by molar-refractivity contribution is 5.94. The molecule has 15 heavy (non-hydrogen) atoms. The summed E-state index contributed by atoms with van der Waals surface area (Å²) in [4.78, 5) is 21.8. The van der Waals surface area contributed by atoms with E-state index in [2.05, 4.69) is 10.6 Å². The number of amides is 2. The Balaban J connectivity index is 2.48. The third-order valence-electron chi connectivity index (χ3n) is 1.67. The highest BCUT2D eigenvalue weighted by Gasteiger charge is 2.02. The van der Waals surface area contributed by atoms with Gasteiger partial charge in [-0.15, -0.1) is 0 Å². The van der Waals surface area contributed by atoms with Gasteiger partial charge in [-0.25, -0.2) is 0 Å². The number of rotatable bonds is 3. The summed E-state index contributed by atoms with van der Waals surface area (Å²) in [5.41, 5.74) is 6.73. The first-order chi connectivity index (χ1) is 7.08. The van der Waals surface area contributed by atoms with Gasteiger partial charge in [0.2, 0.25) is 11.8 Å². The first-order valence-corrected chi connectivity index (χ1v) is 4.48. The minimum absolute atomic E-state index is 0.0376. The van der Waals surface area contributed by atoms with Crippen molar-refractivity contribution in [3.05, 3.63) is 24.3 Å². The van der Waals surface area contributed by atoms with E-state index in [1.54, 1.807) is 24.3 Å². The molecule has 0 aliphatic carbocycles. The van der Waals surface area contributed by atoms with Crippen LogP contribution in [0.15, 0.2) is 24.3 Å². The third kappa shape index (κ3) is 4.12. The first kappa shape index (κ1) is 11.0. The zero-order valence-electron chi connectivity index (χ0n) is 8.41. The van der Waals surface area contributed by atoms with Crippen LogP contribution in [0.25, 0.3) is 0 Å². The Morgan fingerprint density at radius 2 is 2.13 bits per heavy atom.